The van der Waals surface area contributed by atoms with Crippen LogP contribution in [-0.2, 0) is 16.1 Å². The van der Waals surface area contributed by atoms with Crippen molar-refractivity contribution in [3.63, 3.8) is 0 Å². The number of nitrogens with one attached hydrogen (secondary N) is 3. The van der Waals surface area contributed by atoms with E-state index < -0.39 is 6.09 Å². The number of rotatable bonds is 7. The minimum Gasteiger partial charge on any atom is -0.480 e. The fraction of sp³-hybridized carbons (Fsp3) is 0.474. The third-order valence-corrected chi connectivity index (χ3v) is 4.21. The van der Waals surface area contributed by atoms with E-state index in [0.717, 1.165) is 30.5 Å². The van der Waals surface area contributed by atoms with Gasteiger partial charge in [0.2, 0.25) is 5.90 Å². The van der Waals surface area contributed by atoms with Gasteiger partial charge in [-0.1, -0.05) is 30.3 Å². The number of hydrogen-bond acceptors (Lipinski definition) is 6. The quantitative estimate of drug-likeness (QED) is 0.514. The maximum atomic E-state index is 12.1. The topological polar surface area (TPSA) is 108 Å². The number of nitrogens with zero attached hydrogens (tertiary/aromatic N) is 1. The van der Waals surface area contributed by atoms with Crippen LogP contribution in [0.2, 0.25) is 0 Å². The lowest BCUT2D eigenvalue weighted by molar-refractivity contribution is 0.134. The van der Waals surface area contributed by atoms with Gasteiger partial charge in [-0.3, -0.25) is 10.4 Å². The van der Waals surface area contributed by atoms with Crippen LogP contribution in [0.25, 0.3) is 0 Å². The van der Waals surface area contributed by atoms with Crippen molar-refractivity contribution in [3.05, 3.63) is 35.9 Å². The summed E-state index contributed by atoms with van der Waals surface area (Å²) in [7, 11) is 0. The normalized spacial score (nSPS) is 21.0. The van der Waals surface area contributed by atoms with Crippen molar-refractivity contribution >= 4 is 23.9 Å². The lowest BCUT2D eigenvalue weighted by Gasteiger charge is -2.30. The zero-order valence-corrected chi connectivity index (χ0v) is 15.0. The second kappa shape index (κ2) is 10.3. The van der Waals surface area contributed by atoms with Gasteiger partial charge in [0, 0.05) is 18.0 Å². The maximum absolute atomic E-state index is 12.1. The number of aliphatic imine (C=N–C) groups is 1. The summed E-state index contributed by atoms with van der Waals surface area (Å²) in [6.45, 7) is 2.64. The average Bonchev–Trinajstić information content (AvgIpc) is 2.66. The molecule has 1 aliphatic carbocycles. The molecule has 0 bridgehead atoms. The van der Waals surface area contributed by atoms with E-state index in [4.69, 9.17) is 20.3 Å². The summed E-state index contributed by atoms with van der Waals surface area (Å²) in [4.78, 5) is 16.5. The molecule has 1 aromatic rings. The highest BCUT2D eigenvalue weighted by Gasteiger charge is 2.30. The first-order chi connectivity index (χ1) is 12.6. The molecule has 140 valence electrons. The largest absolute Gasteiger partial charge is 0.480 e. The smallest absolute Gasteiger partial charge is 0.407 e. The van der Waals surface area contributed by atoms with Gasteiger partial charge in [0.25, 0.3) is 0 Å². The van der Waals surface area contributed by atoms with Crippen molar-refractivity contribution in [2.45, 2.75) is 38.8 Å². The highest BCUT2D eigenvalue weighted by molar-refractivity contribution is 6.00. The van der Waals surface area contributed by atoms with Crippen LogP contribution in [0.1, 0.15) is 31.7 Å². The molecule has 1 aromatic carbocycles. The SMILES string of the molecule is CCOC(=N)CN=C1CCCC(NC(=O)OCc2ccccc2)C1C=N. The molecule has 2 atom stereocenters. The van der Waals surface area contributed by atoms with Crippen LogP contribution in [0.15, 0.2) is 35.3 Å². The van der Waals surface area contributed by atoms with E-state index in [1.54, 1.807) is 0 Å². The van der Waals surface area contributed by atoms with Gasteiger partial charge < -0.3 is 20.2 Å². The third kappa shape index (κ3) is 5.98. The van der Waals surface area contributed by atoms with Crippen molar-refractivity contribution in [2.75, 3.05) is 13.2 Å². The summed E-state index contributed by atoms with van der Waals surface area (Å²) in [6, 6.07) is 9.27. The number of amides is 1. The fourth-order valence-electron chi connectivity index (χ4n) is 2.95. The van der Waals surface area contributed by atoms with Gasteiger partial charge in [-0.25, -0.2) is 4.79 Å². The highest BCUT2D eigenvalue weighted by Crippen LogP contribution is 2.21. The molecule has 1 amide bonds. The summed E-state index contributed by atoms with van der Waals surface area (Å²) in [5, 5.41) is 18.2. The predicted molar refractivity (Wildman–Crippen MR) is 101 cm³/mol. The minimum atomic E-state index is -0.492. The van der Waals surface area contributed by atoms with Crippen LogP contribution in [0, 0.1) is 16.7 Å². The molecule has 0 aliphatic heterocycles. The Morgan fingerprint density at radius 1 is 1.35 bits per heavy atom. The summed E-state index contributed by atoms with van der Waals surface area (Å²) in [5.41, 5.74) is 1.75. The number of benzene rings is 1. The third-order valence-electron chi connectivity index (χ3n) is 4.21. The zero-order valence-electron chi connectivity index (χ0n) is 15.0. The molecular weight excluding hydrogens is 332 g/mol. The Balaban J connectivity index is 1.90. The molecule has 2 unspecified atom stereocenters. The fourth-order valence-corrected chi connectivity index (χ4v) is 2.95. The van der Waals surface area contributed by atoms with Crippen LogP contribution in [0.3, 0.4) is 0 Å². The van der Waals surface area contributed by atoms with Gasteiger partial charge in [0.05, 0.1) is 12.5 Å². The van der Waals surface area contributed by atoms with E-state index in [-0.39, 0.29) is 31.0 Å². The van der Waals surface area contributed by atoms with Crippen molar-refractivity contribution < 1.29 is 14.3 Å². The summed E-state index contributed by atoms with van der Waals surface area (Å²) < 4.78 is 10.4. The molecule has 0 saturated heterocycles. The van der Waals surface area contributed by atoms with Crippen molar-refractivity contribution in [1.29, 1.82) is 10.8 Å². The van der Waals surface area contributed by atoms with E-state index in [2.05, 4.69) is 10.3 Å². The zero-order chi connectivity index (χ0) is 18.8. The molecule has 1 saturated carbocycles. The molecule has 0 spiro atoms. The van der Waals surface area contributed by atoms with Gasteiger partial charge in [-0.2, -0.15) is 0 Å². The van der Waals surface area contributed by atoms with Crippen molar-refractivity contribution in [3.8, 4) is 0 Å². The molecule has 7 nitrogen and oxygen atoms in total. The number of carbonyl (C=O) groups is 1. The van der Waals surface area contributed by atoms with E-state index in [1.165, 1.54) is 6.21 Å². The Labute approximate surface area is 153 Å². The van der Waals surface area contributed by atoms with Crippen LogP contribution in [0.4, 0.5) is 4.79 Å². The molecule has 0 aromatic heterocycles. The molecule has 7 heteroatoms. The first-order valence-electron chi connectivity index (χ1n) is 8.85. The number of carbonyl (C=O) groups excluding carboxylic acids is 1. The Morgan fingerprint density at radius 3 is 2.81 bits per heavy atom. The average molecular weight is 358 g/mol. The van der Waals surface area contributed by atoms with Gasteiger partial charge >= 0.3 is 6.09 Å². The lowest BCUT2D eigenvalue weighted by atomic mass is 9.83. The maximum Gasteiger partial charge on any atom is 0.407 e. The molecule has 1 aliphatic rings. The summed E-state index contributed by atoms with van der Waals surface area (Å²) >= 11 is 0. The van der Waals surface area contributed by atoms with Crippen molar-refractivity contribution in [2.24, 2.45) is 10.9 Å². The monoisotopic (exact) mass is 358 g/mol. The Bertz CT molecular complexity index is 645. The minimum absolute atomic E-state index is 0.112. The van der Waals surface area contributed by atoms with Crippen LogP contribution < -0.4 is 5.32 Å². The number of alkyl carbamates (subject to hydrolysis) is 1. The Kier molecular flexibility index (Phi) is 7.79. The standard InChI is InChI=1S/C19H26N4O3/c1-2-25-18(21)12-22-16-9-6-10-17(15(16)11-20)23-19(24)26-13-14-7-4-3-5-8-14/h3-5,7-8,11,15,17,20-21H,2,6,9-10,12-13H2,1H3,(H,23,24). The van der Waals surface area contributed by atoms with E-state index in [0.29, 0.717) is 6.61 Å². The van der Waals surface area contributed by atoms with E-state index >= 15 is 0 Å². The first kappa shape index (κ1) is 19.6. The Morgan fingerprint density at radius 2 is 2.12 bits per heavy atom. The second-order valence-electron chi connectivity index (χ2n) is 6.06. The molecular formula is C19H26N4O3. The van der Waals surface area contributed by atoms with Gasteiger partial charge in [-0.05, 0) is 31.7 Å². The molecule has 2 rings (SSSR count). The highest BCUT2D eigenvalue weighted by atomic mass is 16.5. The van der Waals surface area contributed by atoms with Crippen LogP contribution >= 0.6 is 0 Å². The van der Waals surface area contributed by atoms with Crippen LogP contribution in [0.5, 0.6) is 0 Å². The van der Waals surface area contributed by atoms with Crippen molar-refractivity contribution in [1.82, 2.24) is 5.32 Å². The molecule has 26 heavy (non-hydrogen) atoms. The molecule has 0 heterocycles. The first-order valence-corrected chi connectivity index (χ1v) is 8.85. The van der Waals surface area contributed by atoms with Gasteiger partial charge in [0.15, 0.2) is 0 Å². The van der Waals surface area contributed by atoms with Gasteiger partial charge in [0.1, 0.15) is 13.2 Å². The molecule has 1 fully saturated rings. The lowest BCUT2D eigenvalue weighted by Crippen LogP contribution is -2.46. The Hall–Kier alpha value is -2.70. The number of hydrogen-bond donors (Lipinski definition) is 3. The predicted octanol–water partition coefficient (Wildman–Crippen LogP) is 3.19. The number of ether oxygens (including phenoxy) is 2. The van der Waals surface area contributed by atoms with E-state index in [9.17, 15) is 4.79 Å². The van der Waals surface area contributed by atoms with Crippen LogP contribution in [-0.4, -0.2) is 43.1 Å². The second-order valence-corrected chi connectivity index (χ2v) is 6.06. The van der Waals surface area contributed by atoms with E-state index in [1.807, 2.05) is 37.3 Å². The summed E-state index contributed by atoms with van der Waals surface area (Å²) in [5.74, 6) is -0.163. The van der Waals surface area contributed by atoms with Gasteiger partial charge in [-0.15, -0.1) is 0 Å². The molecule has 3 N–H and O–H groups in total. The molecule has 0 radical (unpaired) electrons. The summed E-state index contributed by atoms with van der Waals surface area (Å²) in [6.07, 6.45) is 3.22.